The maximum atomic E-state index is 5.74. The number of aromatic nitrogens is 2. The van der Waals surface area contributed by atoms with Gasteiger partial charge in [0.15, 0.2) is 0 Å². The summed E-state index contributed by atoms with van der Waals surface area (Å²) in [5, 5.41) is 0. The summed E-state index contributed by atoms with van der Waals surface area (Å²) in [4.78, 5) is 7.41. The van der Waals surface area contributed by atoms with Crippen LogP contribution >= 0.6 is 0 Å². The molecule has 1 aromatic heterocycles. The second kappa shape index (κ2) is 4.37. The van der Waals surface area contributed by atoms with E-state index in [0.717, 1.165) is 22.8 Å². The Morgan fingerprint density at radius 2 is 2.00 bits per heavy atom. The number of aromatic amines is 1. The number of ether oxygens (including phenoxy) is 1. The zero-order valence-corrected chi connectivity index (χ0v) is 9.40. The van der Waals surface area contributed by atoms with E-state index in [1.807, 2.05) is 31.2 Å². The molecule has 0 unspecified atom stereocenters. The molecule has 0 bridgehead atoms. The van der Waals surface area contributed by atoms with E-state index >= 15 is 0 Å². The van der Waals surface area contributed by atoms with Crippen LogP contribution in [-0.4, -0.2) is 17.1 Å². The summed E-state index contributed by atoms with van der Waals surface area (Å²) in [7, 11) is 1.65. The molecule has 0 spiro atoms. The lowest BCUT2D eigenvalue weighted by Crippen LogP contribution is -2.06. The lowest BCUT2D eigenvalue weighted by atomic mass is 10.2. The number of nitrogens with zero attached hydrogens (tertiary/aromatic N) is 1. The number of rotatable bonds is 3. The fourth-order valence-corrected chi connectivity index (χ4v) is 1.49. The van der Waals surface area contributed by atoms with E-state index < -0.39 is 0 Å². The van der Waals surface area contributed by atoms with E-state index in [2.05, 4.69) is 9.97 Å². The second-order valence-electron chi connectivity index (χ2n) is 3.70. The molecule has 4 heteroatoms. The number of hydrogen-bond acceptors (Lipinski definition) is 3. The van der Waals surface area contributed by atoms with Crippen LogP contribution in [0.4, 0.5) is 0 Å². The third-order valence-electron chi connectivity index (χ3n) is 2.43. The number of benzene rings is 1. The van der Waals surface area contributed by atoms with E-state index in [1.165, 1.54) is 0 Å². The van der Waals surface area contributed by atoms with Gasteiger partial charge < -0.3 is 15.5 Å². The molecule has 4 nitrogen and oxygen atoms in total. The Bertz CT molecular complexity index is 459. The van der Waals surface area contributed by atoms with Gasteiger partial charge in [0.2, 0.25) is 0 Å². The summed E-state index contributed by atoms with van der Waals surface area (Å²) in [6.07, 6.45) is 1.79. The number of methoxy groups -OCH3 is 1. The van der Waals surface area contributed by atoms with Crippen LogP contribution in [0, 0.1) is 0 Å². The second-order valence-corrected chi connectivity index (χ2v) is 3.70. The topological polar surface area (TPSA) is 63.9 Å². The Kier molecular flexibility index (Phi) is 2.92. The predicted molar refractivity (Wildman–Crippen MR) is 63.2 cm³/mol. The maximum Gasteiger partial charge on any atom is 0.123 e. The fourth-order valence-electron chi connectivity index (χ4n) is 1.49. The van der Waals surface area contributed by atoms with Crippen molar-refractivity contribution in [1.29, 1.82) is 0 Å². The maximum absolute atomic E-state index is 5.74. The molecule has 0 saturated carbocycles. The first-order valence-corrected chi connectivity index (χ1v) is 5.15. The van der Waals surface area contributed by atoms with Crippen molar-refractivity contribution in [3.8, 4) is 17.0 Å². The number of nitrogens with two attached hydrogens (primary N) is 1. The quantitative estimate of drug-likeness (QED) is 0.827. The van der Waals surface area contributed by atoms with Crippen molar-refractivity contribution < 1.29 is 4.74 Å². The Labute approximate surface area is 94.5 Å². The number of H-pyrrole nitrogens is 1. The van der Waals surface area contributed by atoms with Crippen LogP contribution in [0.5, 0.6) is 5.75 Å². The number of imidazole rings is 1. The fraction of sp³-hybridized carbons (Fsp3) is 0.250. The van der Waals surface area contributed by atoms with Crippen LogP contribution in [0.2, 0.25) is 0 Å². The van der Waals surface area contributed by atoms with Crippen molar-refractivity contribution in [2.75, 3.05) is 7.11 Å². The van der Waals surface area contributed by atoms with Crippen LogP contribution in [0.1, 0.15) is 18.8 Å². The molecule has 0 aliphatic carbocycles. The van der Waals surface area contributed by atoms with Crippen LogP contribution in [0.25, 0.3) is 11.3 Å². The van der Waals surface area contributed by atoms with E-state index in [1.54, 1.807) is 13.3 Å². The van der Waals surface area contributed by atoms with Gasteiger partial charge in [-0.1, -0.05) is 0 Å². The highest BCUT2D eigenvalue weighted by molar-refractivity contribution is 5.59. The van der Waals surface area contributed by atoms with Crippen molar-refractivity contribution in [3.05, 3.63) is 36.3 Å². The predicted octanol–water partition coefficient (Wildman–Crippen LogP) is 2.10. The summed E-state index contributed by atoms with van der Waals surface area (Å²) >= 11 is 0. The normalized spacial score (nSPS) is 12.4. The van der Waals surface area contributed by atoms with E-state index in [0.29, 0.717) is 0 Å². The molecule has 2 rings (SSSR count). The van der Waals surface area contributed by atoms with Crippen LogP contribution < -0.4 is 10.5 Å². The lowest BCUT2D eigenvalue weighted by molar-refractivity contribution is 0.415. The molecule has 3 N–H and O–H groups in total. The minimum atomic E-state index is -0.0769. The summed E-state index contributed by atoms with van der Waals surface area (Å²) in [6.45, 7) is 1.90. The third-order valence-corrected chi connectivity index (χ3v) is 2.43. The minimum absolute atomic E-state index is 0.0769. The monoisotopic (exact) mass is 217 g/mol. The van der Waals surface area contributed by atoms with Gasteiger partial charge in [0, 0.05) is 0 Å². The van der Waals surface area contributed by atoms with Gasteiger partial charge in [-0.3, -0.25) is 0 Å². The SMILES string of the molecule is COc1ccc(-c2cnc([C@H](C)N)[nH]2)cc1. The molecule has 2 aromatic rings. The van der Waals surface area contributed by atoms with E-state index in [4.69, 9.17) is 10.5 Å². The highest BCUT2D eigenvalue weighted by Crippen LogP contribution is 2.21. The van der Waals surface area contributed by atoms with Crippen molar-refractivity contribution in [2.45, 2.75) is 13.0 Å². The molecule has 0 aliphatic heterocycles. The van der Waals surface area contributed by atoms with Gasteiger partial charge in [-0.05, 0) is 36.8 Å². The molecule has 0 amide bonds. The summed E-state index contributed by atoms with van der Waals surface area (Å²) < 4.78 is 5.10. The minimum Gasteiger partial charge on any atom is -0.497 e. The van der Waals surface area contributed by atoms with Gasteiger partial charge in [-0.2, -0.15) is 0 Å². The molecular weight excluding hydrogens is 202 g/mol. The van der Waals surface area contributed by atoms with Gasteiger partial charge in [0.25, 0.3) is 0 Å². The van der Waals surface area contributed by atoms with Crippen molar-refractivity contribution in [3.63, 3.8) is 0 Å². The molecule has 1 atom stereocenters. The molecule has 84 valence electrons. The Morgan fingerprint density at radius 1 is 1.31 bits per heavy atom. The molecule has 0 fully saturated rings. The molecular formula is C12H15N3O. The van der Waals surface area contributed by atoms with Crippen molar-refractivity contribution >= 4 is 0 Å². The van der Waals surface area contributed by atoms with Crippen LogP contribution in [0.3, 0.4) is 0 Å². The Balaban J connectivity index is 2.28. The largest absolute Gasteiger partial charge is 0.497 e. The Hall–Kier alpha value is -1.81. The van der Waals surface area contributed by atoms with Gasteiger partial charge in [0.05, 0.1) is 25.0 Å². The lowest BCUT2D eigenvalue weighted by Gasteiger charge is -2.02. The molecule has 1 aromatic carbocycles. The summed E-state index contributed by atoms with van der Waals surface area (Å²) in [6, 6.07) is 7.73. The average molecular weight is 217 g/mol. The zero-order valence-electron chi connectivity index (χ0n) is 9.40. The van der Waals surface area contributed by atoms with Gasteiger partial charge in [-0.15, -0.1) is 0 Å². The van der Waals surface area contributed by atoms with Crippen molar-refractivity contribution in [1.82, 2.24) is 9.97 Å². The molecule has 0 radical (unpaired) electrons. The highest BCUT2D eigenvalue weighted by Gasteiger charge is 2.06. The highest BCUT2D eigenvalue weighted by atomic mass is 16.5. The van der Waals surface area contributed by atoms with Crippen LogP contribution in [-0.2, 0) is 0 Å². The number of hydrogen-bond donors (Lipinski definition) is 2. The molecule has 1 heterocycles. The van der Waals surface area contributed by atoms with E-state index in [-0.39, 0.29) is 6.04 Å². The van der Waals surface area contributed by atoms with Crippen molar-refractivity contribution in [2.24, 2.45) is 5.73 Å². The van der Waals surface area contributed by atoms with E-state index in [9.17, 15) is 0 Å². The molecule has 16 heavy (non-hydrogen) atoms. The Morgan fingerprint density at radius 3 is 2.50 bits per heavy atom. The summed E-state index contributed by atoms with van der Waals surface area (Å²) in [5.41, 5.74) is 7.77. The van der Waals surface area contributed by atoms with Crippen LogP contribution in [0.15, 0.2) is 30.5 Å². The molecule has 0 aliphatic rings. The standard InChI is InChI=1S/C12H15N3O/c1-8(13)12-14-7-11(15-12)9-3-5-10(16-2)6-4-9/h3-8H,13H2,1-2H3,(H,14,15)/t8-/m0/s1. The van der Waals surface area contributed by atoms with Gasteiger partial charge in [-0.25, -0.2) is 4.98 Å². The smallest absolute Gasteiger partial charge is 0.123 e. The first kappa shape index (κ1) is 10.7. The molecule has 0 saturated heterocycles. The summed E-state index contributed by atoms with van der Waals surface area (Å²) in [5.74, 6) is 1.64. The average Bonchev–Trinajstić information content (AvgIpc) is 2.78. The number of nitrogens with one attached hydrogen (secondary N) is 1. The first-order valence-electron chi connectivity index (χ1n) is 5.15. The first-order chi connectivity index (χ1) is 7.70. The third kappa shape index (κ3) is 2.06. The van der Waals surface area contributed by atoms with Gasteiger partial charge in [0.1, 0.15) is 11.6 Å². The van der Waals surface area contributed by atoms with Gasteiger partial charge >= 0.3 is 0 Å². The zero-order chi connectivity index (χ0) is 11.5.